The summed E-state index contributed by atoms with van der Waals surface area (Å²) in [6, 6.07) is 29.1. The van der Waals surface area contributed by atoms with Crippen molar-refractivity contribution in [3.63, 3.8) is 0 Å². The molecule has 0 radical (unpaired) electrons. The lowest BCUT2D eigenvalue weighted by molar-refractivity contribution is 0.956. The molecule has 1 nitrogen and oxygen atoms in total. The van der Waals surface area contributed by atoms with Crippen molar-refractivity contribution in [3.8, 4) is 0 Å². The van der Waals surface area contributed by atoms with Crippen LogP contribution in [0.3, 0.4) is 0 Å². The first-order chi connectivity index (χ1) is 11.3. The first-order valence-corrected chi connectivity index (χ1v) is 8.06. The minimum absolute atomic E-state index is 0.684. The Morgan fingerprint density at radius 1 is 0.609 bits per heavy atom. The zero-order valence-electron chi connectivity index (χ0n) is 13.2. The SMILES string of the molecule is N=C(Cc1ccccc1)c1ccccc1CCc1ccccc1. The highest BCUT2D eigenvalue weighted by Crippen LogP contribution is 2.15. The Morgan fingerprint density at radius 3 is 1.87 bits per heavy atom. The van der Waals surface area contributed by atoms with Crippen molar-refractivity contribution < 1.29 is 0 Å². The summed E-state index contributed by atoms with van der Waals surface area (Å²) >= 11 is 0. The molecular weight excluding hydrogens is 278 g/mol. The predicted molar refractivity (Wildman–Crippen MR) is 97.3 cm³/mol. The number of benzene rings is 3. The van der Waals surface area contributed by atoms with Crippen LogP contribution in [0.15, 0.2) is 84.9 Å². The van der Waals surface area contributed by atoms with E-state index in [1.807, 2.05) is 30.3 Å². The molecule has 3 rings (SSSR count). The lowest BCUT2D eigenvalue weighted by Gasteiger charge is -2.11. The maximum absolute atomic E-state index is 8.49. The Morgan fingerprint density at radius 2 is 1.17 bits per heavy atom. The van der Waals surface area contributed by atoms with Gasteiger partial charge in [-0.3, -0.25) is 0 Å². The molecule has 3 aromatic rings. The Labute approximate surface area is 138 Å². The van der Waals surface area contributed by atoms with Crippen molar-refractivity contribution in [1.29, 1.82) is 5.41 Å². The molecule has 0 atom stereocenters. The highest BCUT2D eigenvalue weighted by Gasteiger charge is 2.08. The minimum Gasteiger partial charge on any atom is -0.304 e. The second-order valence-electron chi connectivity index (χ2n) is 5.78. The first-order valence-electron chi connectivity index (χ1n) is 8.06. The summed E-state index contributed by atoms with van der Waals surface area (Å²) < 4.78 is 0. The van der Waals surface area contributed by atoms with E-state index in [1.54, 1.807) is 0 Å². The second-order valence-corrected chi connectivity index (χ2v) is 5.78. The maximum atomic E-state index is 8.49. The molecule has 0 aliphatic rings. The van der Waals surface area contributed by atoms with Crippen LogP contribution in [0.2, 0.25) is 0 Å². The molecule has 0 aliphatic carbocycles. The van der Waals surface area contributed by atoms with E-state index in [2.05, 4.69) is 54.6 Å². The molecule has 3 aromatic carbocycles. The monoisotopic (exact) mass is 299 g/mol. The molecule has 0 fully saturated rings. The average Bonchev–Trinajstić information content (AvgIpc) is 2.62. The van der Waals surface area contributed by atoms with Gasteiger partial charge in [0.05, 0.1) is 0 Å². The van der Waals surface area contributed by atoms with E-state index in [9.17, 15) is 0 Å². The van der Waals surface area contributed by atoms with Crippen LogP contribution in [0.25, 0.3) is 0 Å². The van der Waals surface area contributed by atoms with Crippen LogP contribution in [-0.4, -0.2) is 5.71 Å². The normalized spacial score (nSPS) is 10.4. The number of hydrogen-bond acceptors (Lipinski definition) is 1. The number of nitrogens with one attached hydrogen (secondary N) is 1. The first kappa shape index (κ1) is 15.2. The van der Waals surface area contributed by atoms with Crippen LogP contribution < -0.4 is 0 Å². The Kier molecular flexibility index (Phi) is 5.00. The van der Waals surface area contributed by atoms with Gasteiger partial charge >= 0.3 is 0 Å². The van der Waals surface area contributed by atoms with E-state index in [-0.39, 0.29) is 0 Å². The van der Waals surface area contributed by atoms with Gasteiger partial charge in [0.25, 0.3) is 0 Å². The fourth-order valence-electron chi connectivity index (χ4n) is 2.85. The largest absolute Gasteiger partial charge is 0.304 e. The molecule has 1 N–H and O–H groups in total. The topological polar surface area (TPSA) is 23.9 Å². The molecule has 0 amide bonds. The third-order valence-corrected chi connectivity index (χ3v) is 4.09. The van der Waals surface area contributed by atoms with Gasteiger partial charge in [0.15, 0.2) is 0 Å². The molecule has 0 aliphatic heterocycles. The summed E-state index contributed by atoms with van der Waals surface area (Å²) in [5, 5.41) is 8.49. The lowest BCUT2D eigenvalue weighted by Crippen LogP contribution is -2.08. The van der Waals surface area contributed by atoms with Gasteiger partial charge in [-0.25, -0.2) is 0 Å². The smallest absolute Gasteiger partial charge is 0.0432 e. The fourth-order valence-corrected chi connectivity index (χ4v) is 2.85. The molecule has 114 valence electrons. The molecule has 23 heavy (non-hydrogen) atoms. The quantitative estimate of drug-likeness (QED) is 0.614. The summed E-state index contributed by atoms with van der Waals surface area (Å²) in [5.41, 5.74) is 5.57. The molecule has 0 aromatic heterocycles. The Bertz CT molecular complexity index is 760. The predicted octanol–water partition coefficient (Wildman–Crippen LogP) is 5.08. The van der Waals surface area contributed by atoms with Gasteiger partial charge in [-0.2, -0.15) is 0 Å². The van der Waals surface area contributed by atoms with Crippen molar-refractivity contribution in [2.24, 2.45) is 0 Å². The summed E-state index contributed by atoms with van der Waals surface area (Å²) in [5.74, 6) is 0. The Hall–Kier alpha value is -2.67. The average molecular weight is 299 g/mol. The van der Waals surface area contributed by atoms with Crippen LogP contribution in [0.1, 0.15) is 22.3 Å². The minimum atomic E-state index is 0.684. The van der Waals surface area contributed by atoms with Crippen LogP contribution in [0.4, 0.5) is 0 Å². The summed E-state index contributed by atoms with van der Waals surface area (Å²) in [6.07, 6.45) is 2.66. The van der Waals surface area contributed by atoms with Crippen LogP contribution >= 0.6 is 0 Å². The highest BCUT2D eigenvalue weighted by atomic mass is 14.4. The van der Waals surface area contributed by atoms with Gasteiger partial charge in [-0.05, 0) is 35.1 Å². The molecular formula is C22H21N. The van der Waals surface area contributed by atoms with E-state index in [4.69, 9.17) is 5.41 Å². The lowest BCUT2D eigenvalue weighted by atomic mass is 9.94. The maximum Gasteiger partial charge on any atom is 0.0432 e. The zero-order valence-corrected chi connectivity index (χ0v) is 13.2. The Balaban J connectivity index is 1.73. The molecule has 0 saturated heterocycles. The van der Waals surface area contributed by atoms with E-state index in [1.165, 1.54) is 16.7 Å². The standard InChI is InChI=1S/C22H21N/c23-22(17-19-11-5-2-6-12-19)21-14-8-7-13-20(21)16-15-18-9-3-1-4-10-18/h1-14,23H,15-17H2. The summed E-state index contributed by atoms with van der Waals surface area (Å²) in [4.78, 5) is 0. The molecule has 0 heterocycles. The van der Waals surface area contributed by atoms with E-state index in [0.29, 0.717) is 12.1 Å². The molecule has 0 saturated carbocycles. The van der Waals surface area contributed by atoms with Gasteiger partial charge < -0.3 is 5.41 Å². The van der Waals surface area contributed by atoms with Crippen molar-refractivity contribution in [2.45, 2.75) is 19.3 Å². The van der Waals surface area contributed by atoms with Gasteiger partial charge in [0.1, 0.15) is 0 Å². The van der Waals surface area contributed by atoms with Crippen molar-refractivity contribution >= 4 is 5.71 Å². The van der Waals surface area contributed by atoms with E-state index >= 15 is 0 Å². The van der Waals surface area contributed by atoms with Crippen molar-refractivity contribution in [2.75, 3.05) is 0 Å². The van der Waals surface area contributed by atoms with Crippen LogP contribution in [-0.2, 0) is 19.3 Å². The molecule has 0 unspecified atom stereocenters. The molecule has 1 heteroatoms. The fraction of sp³-hybridized carbons (Fsp3) is 0.136. The van der Waals surface area contributed by atoms with Gasteiger partial charge in [-0.15, -0.1) is 0 Å². The summed E-state index contributed by atoms with van der Waals surface area (Å²) in [7, 11) is 0. The zero-order chi connectivity index (χ0) is 15.9. The van der Waals surface area contributed by atoms with Gasteiger partial charge in [0.2, 0.25) is 0 Å². The number of aryl methyl sites for hydroxylation is 2. The van der Waals surface area contributed by atoms with Crippen LogP contribution in [0, 0.1) is 5.41 Å². The number of hydrogen-bond donors (Lipinski definition) is 1. The van der Waals surface area contributed by atoms with E-state index < -0.39 is 0 Å². The second kappa shape index (κ2) is 7.55. The number of rotatable bonds is 6. The summed E-state index contributed by atoms with van der Waals surface area (Å²) in [6.45, 7) is 0. The third kappa shape index (κ3) is 4.17. The highest BCUT2D eigenvalue weighted by molar-refractivity contribution is 6.00. The molecule has 0 spiro atoms. The van der Waals surface area contributed by atoms with Gasteiger partial charge in [0, 0.05) is 12.1 Å². The molecule has 0 bridgehead atoms. The van der Waals surface area contributed by atoms with E-state index in [0.717, 1.165) is 18.4 Å². The third-order valence-electron chi connectivity index (χ3n) is 4.09. The van der Waals surface area contributed by atoms with Crippen LogP contribution in [0.5, 0.6) is 0 Å². The van der Waals surface area contributed by atoms with Crippen molar-refractivity contribution in [1.82, 2.24) is 0 Å². The van der Waals surface area contributed by atoms with Gasteiger partial charge in [-0.1, -0.05) is 84.9 Å². The van der Waals surface area contributed by atoms with Crippen molar-refractivity contribution in [3.05, 3.63) is 107 Å².